The van der Waals surface area contributed by atoms with Gasteiger partial charge in [-0.1, -0.05) is 72.8 Å². The highest BCUT2D eigenvalue weighted by Gasteiger charge is 2.46. The first kappa shape index (κ1) is 28.2. The van der Waals surface area contributed by atoms with Crippen LogP contribution >= 0.6 is 0 Å². The molecule has 1 saturated heterocycles. The summed E-state index contributed by atoms with van der Waals surface area (Å²) in [5, 5.41) is 10.8. The minimum absolute atomic E-state index is 0.194. The molecule has 2 aliphatic rings. The van der Waals surface area contributed by atoms with Crippen LogP contribution in [0.2, 0.25) is 0 Å². The van der Waals surface area contributed by atoms with Gasteiger partial charge in [-0.15, -0.1) is 0 Å². The number of aliphatic hydroxyl groups is 1. The van der Waals surface area contributed by atoms with Crippen molar-refractivity contribution in [3.8, 4) is 11.5 Å². The number of fused-ring (bicyclic) bond motifs is 1. The van der Waals surface area contributed by atoms with Crippen molar-refractivity contribution in [2.75, 3.05) is 6.54 Å². The maximum atomic E-state index is 13.6. The Morgan fingerprint density at radius 2 is 1.16 bits per heavy atom. The molecule has 4 aromatic carbocycles. The lowest BCUT2D eigenvalue weighted by molar-refractivity contribution is -0.152. The van der Waals surface area contributed by atoms with Crippen molar-refractivity contribution in [1.29, 1.82) is 0 Å². The summed E-state index contributed by atoms with van der Waals surface area (Å²) in [6.07, 6.45) is -0.134. The van der Waals surface area contributed by atoms with E-state index in [9.17, 15) is 19.5 Å². The molecule has 0 bridgehead atoms. The second-order valence-electron chi connectivity index (χ2n) is 10.7. The maximum Gasteiger partial charge on any atom is 0.262 e. The van der Waals surface area contributed by atoms with Crippen LogP contribution < -0.4 is 9.47 Å². The van der Waals surface area contributed by atoms with Gasteiger partial charge in [0, 0.05) is 12.6 Å². The summed E-state index contributed by atoms with van der Waals surface area (Å²) in [6, 6.07) is 31.0. The average Bonchev–Trinajstić information content (AvgIpc) is 3.29. The van der Waals surface area contributed by atoms with Gasteiger partial charge < -0.3 is 19.5 Å². The van der Waals surface area contributed by atoms with Crippen LogP contribution in [0.25, 0.3) is 0 Å². The minimum Gasteiger partial charge on any atom is -0.489 e. The lowest BCUT2D eigenvalue weighted by Crippen LogP contribution is -2.57. The zero-order valence-corrected chi connectivity index (χ0v) is 23.6. The summed E-state index contributed by atoms with van der Waals surface area (Å²) >= 11 is 0. The van der Waals surface area contributed by atoms with Gasteiger partial charge in [-0.2, -0.15) is 0 Å². The molecule has 8 heteroatoms. The van der Waals surface area contributed by atoms with Crippen molar-refractivity contribution in [2.24, 2.45) is 0 Å². The molecule has 2 aliphatic heterocycles. The monoisotopic (exact) mass is 576 g/mol. The predicted octanol–water partition coefficient (Wildman–Crippen LogP) is 4.99. The summed E-state index contributed by atoms with van der Waals surface area (Å²) in [4.78, 5) is 42.2. The third-order valence-electron chi connectivity index (χ3n) is 7.84. The maximum absolute atomic E-state index is 13.6. The van der Waals surface area contributed by atoms with Crippen LogP contribution in [0.15, 0.2) is 103 Å². The Bertz CT molecular complexity index is 1530. The van der Waals surface area contributed by atoms with Gasteiger partial charge in [0.25, 0.3) is 11.8 Å². The van der Waals surface area contributed by atoms with Gasteiger partial charge in [-0.3, -0.25) is 19.3 Å². The van der Waals surface area contributed by atoms with E-state index in [1.807, 2.05) is 78.9 Å². The molecule has 2 atom stereocenters. The van der Waals surface area contributed by atoms with E-state index >= 15 is 0 Å². The number of likely N-dealkylation sites (tertiary alicyclic amines) is 1. The summed E-state index contributed by atoms with van der Waals surface area (Å²) in [6.45, 7) is 0.960. The first-order chi connectivity index (χ1) is 21.0. The van der Waals surface area contributed by atoms with Gasteiger partial charge in [-0.05, 0) is 60.2 Å². The van der Waals surface area contributed by atoms with Crippen LogP contribution in [0.3, 0.4) is 0 Å². The molecule has 1 fully saturated rings. The first-order valence-corrected chi connectivity index (χ1v) is 14.4. The third-order valence-corrected chi connectivity index (χ3v) is 7.84. The van der Waals surface area contributed by atoms with Gasteiger partial charge in [0.1, 0.15) is 37.0 Å². The number of hydrogen-bond donors (Lipinski definition) is 1. The zero-order chi connectivity index (χ0) is 29.8. The van der Waals surface area contributed by atoms with E-state index in [0.717, 1.165) is 21.6 Å². The fraction of sp³-hybridized carbons (Fsp3) is 0.229. The normalized spacial score (nSPS) is 18.1. The van der Waals surface area contributed by atoms with Gasteiger partial charge in [-0.25, -0.2) is 0 Å². The van der Waals surface area contributed by atoms with Crippen molar-refractivity contribution in [2.45, 2.75) is 44.7 Å². The van der Waals surface area contributed by atoms with Gasteiger partial charge in [0.05, 0.1) is 11.1 Å². The summed E-state index contributed by atoms with van der Waals surface area (Å²) in [5.74, 6) is -0.138. The van der Waals surface area contributed by atoms with Crippen molar-refractivity contribution in [3.05, 3.63) is 131 Å². The number of ether oxygens (including phenoxy) is 2. The van der Waals surface area contributed by atoms with Crippen LogP contribution in [0.1, 0.15) is 50.2 Å². The Hall–Kier alpha value is -4.95. The van der Waals surface area contributed by atoms with Crippen molar-refractivity contribution < 1.29 is 29.0 Å². The number of imide groups is 1. The topological polar surface area (TPSA) is 96.4 Å². The molecule has 4 aromatic rings. The molecular formula is C35H32N2O6. The second-order valence-corrected chi connectivity index (χ2v) is 10.7. The summed E-state index contributed by atoms with van der Waals surface area (Å²) in [7, 11) is 0. The van der Waals surface area contributed by atoms with Crippen LogP contribution in [-0.4, -0.2) is 51.4 Å². The van der Waals surface area contributed by atoms with Crippen molar-refractivity contribution >= 4 is 17.7 Å². The average molecular weight is 577 g/mol. The van der Waals surface area contributed by atoms with E-state index in [-0.39, 0.29) is 19.4 Å². The Balaban J connectivity index is 1.18. The smallest absolute Gasteiger partial charge is 0.262 e. The molecule has 0 saturated carbocycles. The molecule has 6 rings (SSSR count). The van der Waals surface area contributed by atoms with E-state index < -0.39 is 30.0 Å². The second kappa shape index (κ2) is 12.5. The molecule has 0 radical (unpaired) electrons. The van der Waals surface area contributed by atoms with E-state index in [2.05, 4.69) is 0 Å². The SMILES string of the molecule is O=C1[C@@H](N2C(=O)c3ccccc3C2=O)CC[C@H](O)N1CCc1cc(OCc2ccccc2)cc(OCc2ccccc2)c1. The summed E-state index contributed by atoms with van der Waals surface area (Å²) in [5.41, 5.74) is 3.51. The van der Waals surface area contributed by atoms with E-state index in [4.69, 9.17) is 9.47 Å². The lowest BCUT2D eigenvalue weighted by Gasteiger charge is -2.39. The van der Waals surface area contributed by atoms with Gasteiger partial charge >= 0.3 is 0 Å². The largest absolute Gasteiger partial charge is 0.489 e. The molecule has 0 aromatic heterocycles. The number of carbonyl (C=O) groups is 3. The highest BCUT2D eigenvalue weighted by Crippen LogP contribution is 2.31. The molecule has 0 spiro atoms. The molecule has 218 valence electrons. The van der Waals surface area contributed by atoms with Crippen molar-refractivity contribution in [1.82, 2.24) is 9.80 Å². The van der Waals surface area contributed by atoms with E-state index in [1.165, 1.54) is 4.90 Å². The molecular weight excluding hydrogens is 544 g/mol. The molecule has 0 unspecified atom stereocenters. The standard InChI is InChI=1S/C35H32N2O6/c38-32-16-15-31(37-33(39)29-13-7-8-14-30(29)34(37)40)35(41)36(32)18-17-26-19-27(42-22-24-9-3-1-4-10-24)21-28(20-26)43-23-25-11-5-2-6-12-25/h1-14,19-21,31-32,38H,15-18,22-23H2/t31-,32-/m0/s1. The Labute approximate surface area is 250 Å². The van der Waals surface area contributed by atoms with Gasteiger partial charge in [0.2, 0.25) is 5.91 Å². The number of aliphatic hydroxyl groups excluding tert-OH is 1. The van der Waals surface area contributed by atoms with Crippen molar-refractivity contribution in [3.63, 3.8) is 0 Å². The Morgan fingerprint density at radius 1 is 0.651 bits per heavy atom. The highest BCUT2D eigenvalue weighted by molar-refractivity contribution is 6.22. The number of piperidine rings is 1. The number of rotatable bonds is 10. The van der Waals surface area contributed by atoms with E-state index in [0.29, 0.717) is 42.3 Å². The predicted molar refractivity (Wildman–Crippen MR) is 159 cm³/mol. The van der Waals surface area contributed by atoms with E-state index in [1.54, 1.807) is 24.3 Å². The fourth-order valence-corrected chi connectivity index (χ4v) is 5.59. The third kappa shape index (κ3) is 6.15. The molecule has 8 nitrogen and oxygen atoms in total. The van der Waals surface area contributed by atoms with Crippen LogP contribution in [0.4, 0.5) is 0 Å². The number of carbonyl (C=O) groups excluding carboxylic acids is 3. The summed E-state index contributed by atoms with van der Waals surface area (Å²) < 4.78 is 12.2. The zero-order valence-electron chi connectivity index (χ0n) is 23.6. The fourth-order valence-electron chi connectivity index (χ4n) is 5.59. The molecule has 2 heterocycles. The quantitative estimate of drug-likeness (QED) is 0.267. The number of benzene rings is 4. The van der Waals surface area contributed by atoms with Crippen LogP contribution in [-0.2, 0) is 24.4 Å². The van der Waals surface area contributed by atoms with Crippen LogP contribution in [0, 0.1) is 0 Å². The number of amides is 3. The van der Waals surface area contributed by atoms with Crippen LogP contribution in [0.5, 0.6) is 11.5 Å². The highest BCUT2D eigenvalue weighted by atomic mass is 16.5. The lowest BCUT2D eigenvalue weighted by atomic mass is 10.0. The minimum atomic E-state index is -1.01. The molecule has 0 aliphatic carbocycles. The number of nitrogens with zero attached hydrogens (tertiary/aromatic N) is 2. The van der Waals surface area contributed by atoms with Gasteiger partial charge in [0.15, 0.2) is 0 Å². The number of hydrogen-bond acceptors (Lipinski definition) is 6. The first-order valence-electron chi connectivity index (χ1n) is 14.4. The molecule has 43 heavy (non-hydrogen) atoms. The molecule has 3 amide bonds. The molecule has 1 N–H and O–H groups in total. The Kier molecular flexibility index (Phi) is 8.20. The Morgan fingerprint density at radius 3 is 1.70 bits per heavy atom.